The van der Waals surface area contributed by atoms with Crippen molar-refractivity contribution in [3.8, 4) is 0 Å². The molecule has 0 amide bonds. The van der Waals surface area contributed by atoms with Crippen molar-refractivity contribution in [3.63, 3.8) is 0 Å². The summed E-state index contributed by atoms with van der Waals surface area (Å²) in [5, 5.41) is 3.11. The molecule has 1 aromatic carbocycles. The lowest BCUT2D eigenvalue weighted by atomic mass is 10.1. The van der Waals surface area contributed by atoms with Crippen LogP contribution >= 0.6 is 24.0 Å². The third kappa shape index (κ3) is 9.68. The molecule has 21 heavy (non-hydrogen) atoms. The van der Waals surface area contributed by atoms with Gasteiger partial charge in [0.2, 0.25) is 0 Å². The molecule has 0 atom stereocenters. The van der Waals surface area contributed by atoms with Gasteiger partial charge in [-0.2, -0.15) is 0 Å². The van der Waals surface area contributed by atoms with E-state index in [1.54, 1.807) is 0 Å². The number of nitrogens with two attached hydrogens (primary N) is 1. The van der Waals surface area contributed by atoms with Crippen LogP contribution in [0.5, 0.6) is 0 Å². The van der Waals surface area contributed by atoms with Crippen LogP contribution < -0.4 is 11.1 Å². The van der Waals surface area contributed by atoms with E-state index in [9.17, 15) is 0 Å². The fourth-order valence-corrected chi connectivity index (χ4v) is 1.74. The Kier molecular flexibility index (Phi) is 11.3. The number of rotatable bonds is 8. The first-order valence-electron chi connectivity index (χ1n) is 7.35. The Bertz CT molecular complexity index is 422. The van der Waals surface area contributed by atoms with Gasteiger partial charge in [-0.15, -0.1) is 24.0 Å². The molecule has 120 valence electrons. The van der Waals surface area contributed by atoms with E-state index in [4.69, 9.17) is 10.5 Å². The first-order valence-corrected chi connectivity index (χ1v) is 7.35. The van der Waals surface area contributed by atoms with Crippen LogP contribution in [0.3, 0.4) is 0 Å². The van der Waals surface area contributed by atoms with Crippen molar-refractivity contribution in [1.82, 2.24) is 0 Å². The van der Waals surface area contributed by atoms with Crippen LogP contribution in [0, 0.1) is 5.92 Å². The Hall–Kier alpha value is -0.820. The van der Waals surface area contributed by atoms with Crippen LogP contribution in [0.15, 0.2) is 29.3 Å². The Morgan fingerprint density at radius 1 is 1.38 bits per heavy atom. The molecule has 0 unspecified atom stereocenters. The second kappa shape index (κ2) is 11.8. The van der Waals surface area contributed by atoms with Gasteiger partial charge >= 0.3 is 0 Å². The number of benzene rings is 1. The molecule has 0 heterocycles. The number of aryl methyl sites for hydroxylation is 1. The van der Waals surface area contributed by atoms with E-state index in [0.717, 1.165) is 31.7 Å². The number of anilines is 1. The van der Waals surface area contributed by atoms with Crippen molar-refractivity contribution >= 4 is 35.6 Å². The van der Waals surface area contributed by atoms with Gasteiger partial charge in [-0.1, -0.05) is 32.9 Å². The molecule has 5 heteroatoms. The summed E-state index contributed by atoms with van der Waals surface area (Å²) in [4.78, 5) is 4.29. The zero-order valence-electron chi connectivity index (χ0n) is 13.3. The largest absolute Gasteiger partial charge is 0.381 e. The van der Waals surface area contributed by atoms with E-state index in [2.05, 4.69) is 43.2 Å². The maximum absolute atomic E-state index is 5.86. The molecular formula is C16H28IN3O. The van der Waals surface area contributed by atoms with Crippen LogP contribution in [0.2, 0.25) is 0 Å². The van der Waals surface area contributed by atoms with Crippen LogP contribution in [0.4, 0.5) is 5.69 Å². The quantitative estimate of drug-likeness (QED) is 0.300. The molecule has 0 aliphatic heterocycles. The second-order valence-corrected chi connectivity index (χ2v) is 5.27. The van der Waals surface area contributed by atoms with E-state index < -0.39 is 0 Å². The Morgan fingerprint density at radius 2 is 2.14 bits per heavy atom. The van der Waals surface area contributed by atoms with Crippen molar-refractivity contribution in [2.75, 3.05) is 25.1 Å². The van der Waals surface area contributed by atoms with Crippen LogP contribution in [-0.2, 0) is 11.2 Å². The highest BCUT2D eigenvalue weighted by atomic mass is 127. The summed E-state index contributed by atoms with van der Waals surface area (Å²) < 4.78 is 5.49. The smallest absolute Gasteiger partial charge is 0.193 e. The predicted molar refractivity (Wildman–Crippen MR) is 102 cm³/mol. The number of nitrogens with zero attached hydrogens (tertiary/aromatic N) is 1. The molecule has 0 aliphatic rings. The van der Waals surface area contributed by atoms with Gasteiger partial charge in [-0.05, 0) is 36.5 Å². The summed E-state index contributed by atoms with van der Waals surface area (Å²) in [6.07, 6.45) is 1.91. The van der Waals surface area contributed by atoms with Gasteiger partial charge in [-0.3, -0.25) is 4.99 Å². The molecule has 3 N–H and O–H groups in total. The normalized spacial score (nSPS) is 11.3. The number of nitrogens with one attached hydrogen (secondary N) is 1. The summed E-state index contributed by atoms with van der Waals surface area (Å²) in [5.74, 6) is 1.04. The molecule has 0 bridgehead atoms. The Labute approximate surface area is 145 Å². The van der Waals surface area contributed by atoms with Crippen molar-refractivity contribution < 1.29 is 4.74 Å². The van der Waals surface area contributed by atoms with Gasteiger partial charge in [0.1, 0.15) is 0 Å². The average Bonchev–Trinajstić information content (AvgIpc) is 2.42. The molecule has 4 nitrogen and oxygen atoms in total. The van der Waals surface area contributed by atoms with E-state index in [0.29, 0.717) is 18.4 Å². The van der Waals surface area contributed by atoms with Gasteiger partial charge in [0.05, 0.1) is 0 Å². The number of hydrogen-bond donors (Lipinski definition) is 2. The van der Waals surface area contributed by atoms with Gasteiger partial charge in [0.25, 0.3) is 0 Å². The third-order valence-electron chi connectivity index (χ3n) is 2.79. The fourth-order valence-electron chi connectivity index (χ4n) is 1.74. The lowest BCUT2D eigenvalue weighted by Gasteiger charge is -2.08. The Morgan fingerprint density at radius 3 is 2.81 bits per heavy atom. The third-order valence-corrected chi connectivity index (χ3v) is 2.79. The highest BCUT2D eigenvalue weighted by Gasteiger charge is 1.97. The van der Waals surface area contributed by atoms with E-state index in [1.807, 2.05) is 12.1 Å². The monoisotopic (exact) mass is 405 g/mol. The molecule has 0 aliphatic carbocycles. The zero-order valence-corrected chi connectivity index (χ0v) is 15.6. The first kappa shape index (κ1) is 20.2. The number of guanidine groups is 1. The minimum absolute atomic E-state index is 0. The molecule has 0 aromatic heterocycles. The molecule has 1 aromatic rings. The topological polar surface area (TPSA) is 59.6 Å². The van der Waals surface area contributed by atoms with Crippen molar-refractivity contribution in [2.24, 2.45) is 16.6 Å². The molecule has 0 radical (unpaired) electrons. The maximum atomic E-state index is 5.86. The van der Waals surface area contributed by atoms with Crippen molar-refractivity contribution in [3.05, 3.63) is 29.8 Å². The van der Waals surface area contributed by atoms with Gasteiger partial charge in [-0.25, -0.2) is 0 Å². The van der Waals surface area contributed by atoms with Crippen molar-refractivity contribution in [2.45, 2.75) is 33.6 Å². The minimum atomic E-state index is 0. The van der Waals surface area contributed by atoms with E-state index in [-0.39, 0.29) is 24.0 Å². The summed E-state index contributed by atoms with van der Waals surface area (Å²) in [6, 6.07) is 8.21. The molecule has 0 spiro atoms. The number of ether oxygens (including phenoxy) is 1. The SMILES string of the molecule is CCc1cccc(NC(N)=NCCCOCC(C)C)c1.I. The highest BCUT2D eigenvalue weighted by Crippen LogP contribution is 2.10. The second-order valence-electron chi connectivity index (χ2n) is 5.27. The summed E-state index contributed by atoms with van der Waals surface area (Å²) in [6.45, 7) is 8.65. The summed E-state index contributed by atoms with van der Waals surface area (Å²) in [7, 11) is 0. The zero-order chi connectivity index (χ0) is 14.8. The highest BCUT2D eigenvalue weighted by molar-refractivity contribution is 14.0. The summed E-state index contributed by atoms with van der Waals surface area (Å²) in [5.41, 5.74) is 8.13. The molecular weight excluding hydrogens is 377 g/mol. The van der Waals surface area contributed by atoms with Crippen LogP contribution in [0.25, 0.3) is 0 Å². The average molecular weight is 405 g/mol. The number of hydrogen-bond acceptors (Lipinski definition) is 2. The number of aliphatic imine (C=N–C) groups is 1. The standard InChI is InChI=1S/C16H27N3O.HI/c1-4-14-7-5-8-15(11-14)19-16(17)18-9-6-10-20-12-13(2)3;/h5,7-8,11,13H,4,6,9-10,12H2,1-3H3,(H3,17,18,19);1H. The molecule has 0 fully saturated rings. The number of halogens is 1. The fraction of sp³-hybridized carbons (Fsp3) is 0.562. The van der Waals surface area contributed by atoms with Gasteiger partial charge < -0.3 is 15.8 Å². The maximum Gasteiger partial charge on any atom is 0.193 e. The van der Waals surface area contributed by atoms with E-state index >= 15 is 0 Å². The molecule has 1 rings (SSSR count). The predicted octanol–water partition coefficient (Wildman–Crippen LogP) is 3.66. The molecule has 0 saturated heterocycles. The van der Waals surface area contributed by atoms with Crippen LogP contribution in [-0.4, -0.2) is 25.7 Å². The lowest BCUT2D eigenvalue weighted by Crippen LogP contribution is -2.23. The van der Waals surface area contributed by atoms with Crippen LogP contribution in [0.1, 0.15) is 32.8 Å². The minimum Gasteiger partial charge on any atom is -0.381 e. The Balaban J connectivity index is 0.00000400. The first-order chi connectivity index (χ1) is 9.61. The van der Waals surface area contributed by atoms with E-state index in [1.165, 1.54) is 5.56 Å². The van der Waals surface area contributed by atoms with Gasteiger partial charge in [0.15, 0.2) is 5.96 Å². The lowest BCUT2D eigenvalue weighted by molar-refractivity contribution is 0.109. The summed E-state index contributed by atoms with van der Waals surface area (Å²) >= 11 is 0. The van der Waals surface area contributed by atoms with Crippen molar-refractivity contribution in [1.29, 1.82) is 0 Å². The van der Waals surface area contributed by atoms with Gasteiger partial charge in [0, 0.05) is 25.4 Å². The molecule has 0 saturated carbocycles.